The molecule has 1 aromatic rings. The Balaban J connectivity index is 2.16. The fraction of sp³-hybridized carbons (Fsp3) is 0.556. The summed E-state index contributed by atoms with van der Waals surface area (Å²) in [6.45, 7) is 0.499. The maximum atomic E-state index is 12.0. The molecular formula is C9H13N5O3. The molecule has 3 N–H and O–H groups in total. The van der Waals surface area contributed by atoms with E-state index in [1.807, 2.05) is 0 Å². The smallest absolute Gasteiger partial charge is 0.328 e. The molecule has 1 unspecified atom stereocenters. The number of anilines is 1. The van der Waals surface area contributed by atoms with Crippen molar-refractivity contribution in [2.24, 2.45) is 0 Å². The van der Waals surface area contributed by atoms with Gasteiger partial charge < -0.3 is 15.4 Å². The van der Waals surface area contributed by atoms with E-state index in [1.165, 1.54) is 12.0 Å². The zero-order chi connectivity index (χ0) is 12.4. The van der Waals surface area contributed by atoms with Crippen LogP contribution < -0.4 is 5.73 Å². The zero-order valence-electron chi connectivity index (χ0n) is 9.34. The summed E-state index contributed by atoms with van der Waals surface area (Å²) in [5.74, 6) is -0.758. The Bertz CT molecular complexity index is 444. The Morgan fingerprint density at radius 1 is 1.59 bits per heavy atom. The molecule has 1 fully saturated rings. The van der Waals surface area contributed by atoms with Gasteiger partial charge in [-0.1, -0.05) is 0 Å². The number of hydrogen-bond acceptors (Lipinski definition) is 6. The molecule has 8 heteroatoms. The van der Waals surface area contributed by atoms with Gasteiger partial charge in [0.2, 0.25) is 11.8 Å². The fourth-order valence-corrected chi connectivity index (χ4v) is 1.90. The third-order valence-electron chi connectivity index (χ3n) is 2.69. The molecule has 1 atom stereocenters. The molecule has 1 aliphatic heterocycles. The highest BCUT2D eigenvalue weighted by atomic mass is 16.5. The standard InChI is InChI=1S/C9H13N5O3/c1-17-8(16)5-3-2-4-14(5)7(15)6-11-9(10)13-12-6/h5H,2-4H2,1H3,(H3,10,11,12,13). The molecule has 0 radical (unpaired) electrons. The number of nitrogens with two attached hydrogens (primary N) is 1. The number of H-pyrrole nitrogens is 1. The number of nitrogens with one attached hydrogen (secondary N) is 1. The Morgan fingerprint density at radius 2 is 2.35 bits per heavy atom. The Morgan fingerprint density at radius 3 is 2.94 bits per heavy atom. The topological polar surface area (TPSA) is 114 Å². The number of nitrogen functional groups attached to an aromatic ring is 1. The highest BCUT2D eigenvalue weighted by Gasteiger charge is 2.36. The fourth-order valence-electron chi connectivity index (χ4n) is 1.90. The van der Waals surface area contributed by atoms with Crippen LogP contribution in [0.4, 0.5) is 5.95 Å². The van der Waals surface area contributed by atoms with Crippen molar-refractivity contribution in [2.75, 3.05) is 19.4 Å². The van der Waals surface area contributed by atoms with Crippen molar-refractivity contribution in [1.82, 2.24) is 20.1 Å². The molecule has 17 heavy (non-hydrogen) atoms. The summed E-state index contributed by atoms with van der Waals surface area (Å²) in [4.78, 5) is 28.7. The molecule has 1 aromatic heterocycles. The van der Waals surface area contributed by atoms with Crippen LogP contribution in [-0.4, -0.2) is 51.7 Å². The van der Waals surface area contributed by atoms with Crippen LogP contribution in [0.3, 0.4) is 0 Å². The van der Waals surface area contributed by atoms with Crippen molar-refractivity contribution >= 4 is 17.8 Å². The monoisotopic (exact) mass is 239 g/mol. The first kappa shape index (κ1) is 11.4. The van der Waals surface area contributed by atoms with Gasteiger partial charge in [0.1, 0.15) is 6.04 Å². The number of aromatic amines is 1. The van der Waals surface area contributed by atoms with Crippen LogP contribution in [-0.2, 0) is 9.53 Å². The Kier molecular flexibility index (Phi) is 2.94. The van der Waals surface area contributed by atoms with Crippen molar-refractivity contribution in [3.05, 3.63) is 5.82 Å². The maximum Gasteiger partial charge on any atom is 0.328 e. The summed E-state index contributed by atoms with van der Waals surface area (Å²) in [6, 6.07) is -0.543. The quantitative estimate of drug-likeness (QED) is 0.651. The number of likely N-dealkylation sites (tertiary alicyclic amines) is 1. The summed E-state index contributed by atoms with van der Waals surface area (Å²) < 4.78 is 4.65. The molecule has 0 spiro atoms. The SMILES string of the molecule is COC(=O)C1CCCN1C(=O)c1nc(N)n[nH]1. The van der Waals surface area contributed by atoms with Crippen LogP contribution in [0.15, 0.2) is 0 Å². The molecular weight excluding hydrogens is 226 g/mol. The van der Waals surface area contributed by atoms with Gasteiger partial charge in [-0.15, -0.1) is 5.10 Å². The average molecular weight is 239 g/mol. The van der Waals surface area contributed by atoms with Crippen LogP contribution in [0.2, 0.25) is 0 Å². The van der Waals surface area contributed by atoms with Crippen LogP contribution in [0, 0.1) is 0 Å². The van der Waals surface area contributed by atoms with Gasteiger partial charge in [-0.25, -0.2) is 4.79 Å². The number of carbonyl (C=O) groups excluding carboxylic acids is 2. The van der Waals surface area contributed by atoms with E-state index in [9.17, 15) is 9.59 Å². The zero-order valence-corrected chi connectivity index (χ0v) is 9.34. The molecule has 8 nitrogen and oxygen atoms in total. The van der Waals surface area contributed by atoms with E-state index in [0.717, 1.165) is 6.42 Å². The number of aromatic nitrogens is 3. The van der Waals surface area contributed by atoms with Gasteiger partial charge in [0.05, 0.1) is 7.11 Å². The first-order valence-electron chi connectivity index (χ1n) is 5.20. The molecule has 1 saturated heterocycles. The molecule has 2 heterocycles. The average Bonchev–Trinajstić information content (AvgIpc) is 2.95. The van der Waals surface area contributed by atoms with E-state index in [4.69, 9.17) is 5.73 Å². The molecule has 1 amide bonds. The normalized spacial score (nSPS) is 19.4. The lowest BCUT2D eigenvalue weighted by Gasteiger charge is -2.21. The number of amides is 1. The van der Waals surface area contributed by atoms with Crippen LogP contribution in [0.25, 0.3) is 0 Å². The van der Waals surface area contributed by atoms with E-state index in [-0.39, 0.29) is 17.7 Å². The van der Waals surface area contributed by atoms with E-state index in [2.05, 4.69) is 19.9 Å². The highest BCUT2D eigenvalue weighted by Crippen LogP contribution is 2.20. The molecule has 0 saturated carbocycles. The van der Waals surface area contributed by atoms with E-state index in [1.54, 1.807) is 0 Å². The maximum absolute atomic E-state index is 12.0. The van der Waals surface area contributed by atoms with Gasteiger partial charge in [0.15, 0.2) is 0 Å². The minimum absolute atomic E-state index is 0.00200. The first-order chi connectivity index (χ1) is 8.13. The molecule has 0 aliphatic carbocycles. The Labute approximate surface area is 97.1 Å². The van der Waals surface area contributed by atoms with Crippen molar-refractivity contribution < 1.29 is 14.3 Å². The third kappa shape index (κ3) is 2.05. The third-order valence-corrected chi connectivity index (χ3v) is 2.69. The number of esters is 1. The minimum Gasteiger partial charge on any atom is -0.467 e. The van der Waals surface area contributed by atoms with Gasteiger partial charge in [-0.2, -0.15) is 4.98 Å². The molecule has 92 valence electrons. The summed E-state index contributed by atoms with van der Waals surface area (Å²) in [7, 11) is 1.30. The predicted molar refractivity (Wildman–Crippen MR) is 56.9 cm³/mol. The highest BCUT2D eigenvalue weighted by molar-refractivity contribution is 5.94. The lowest BCUT2D eigenvalue weighted by atomic mass is 10.2. The summed E-state index contributed by atoms with van der Waals surface area (Å²) in [5, 5.41) is 6.01. The summed E-state index contributed by atoms with van der Waals surface area (Å²) >= 11 is 0. The number of hydrogen-bond donors (Lipinski definition) is 2. The lowest BCUT2D eigenvalue weighted by Crippen LogP contribution is -2.41. The van der Waals surface area contributed by atoms with Crippen molar-refractivity contribution in [3.8, 4) is 0 Å². The number of rotatable bonds is 2. The largest absolute Gasteiger partial charge is 0.467 e. The van der Waals surface area contributed by atoms with Crippen LogP contribution in [0.1, 0.15) is 23.5 Å². The second kappa shape index (κ2) is 4.40. The first-order valence-corrected chi connectivity index (χ1v) is 5.20. The van der Waals surface area contributed by atoms with Crippen molar-refractivity contribution in [1.29, 1.82) is 0 Å². The van der Waals surface area contributed by atoms with Gasteiger partial charge in [0.25, 0.3) is 5.91 Å². The summed E-state index contributed by atoms with van der Waals surface area (Å²) in [6.07, 6.45) is 1.36. The van der Waals surface area contributed by atoms with Crippen LogP contribution in [0.5, 0.6) is 0 Å². The number of nitrogens with zero attached hydrogens (tertiary/aromatic N) is 3. The molecule has 2 rings (SSSR count). The van der Waals surface area contributed by atoms with E-state index in [0.29, 0.717) is 13.0 Å². The van der Waals surface area contributed by atoms with Gasteiger partial charge >= 0.3 is 5.97 Å². The number of ether oxygens (including phenoxy) is 1. The molecule has 0 aromatic carbocycles. The van der Waals surface area contributed by atoms with E-state index >= 15 is 0 Å². The van der Waals surface area contributed by atoms with E-state index < -0.39 is 12.0 Å². The van der Waals surface area contributed by atoms with Crippen molar-refractivity contribution in [3.63, 3.8) is 0 Å². The molecule has 1 aliphatic rings. The van der Waals surface area contributed by atoms with Gasteiger partial charge in [-0.3, -0.25) is 9.89 Å². The van der Waals surface area contributed by atoms with Crippen molar-refractivity contribution in [2.45, 2.75) is 18.9 Å². The van der Waals surface area contributed by atoms with Gasteiger partial charge in [-0.05, 0) is 12.8 Å². The van der Waals surface area contributed by atoms with Gasteiger partial charge in [0, 0.05) is 6.54 Å². The second-order valence-corrected chi connectivity index (χ2v) is 3.72. The lowest BCUT2D eigenvalue weighted by molar-refractivity contribution is -0.145. The minimum atomic E-state index is -0.543. The predicted octanol–water partition coefficient (Wildman–Crippen LogP) is -0.835. The summed E-state index contributed by atoms with van der Waals surface area (Å²) in [5.41, 5.74) is 5.32. The Hall–Kier alpha value is -2.12. The second-order valence-electron chi connectivity index (χ2n) is 3.72. The number of carbonyl (C=O) groups is 2. The van der Waals surface area contributed by atoms with Crippen LogP contribution >= 0.6 is 0 Å². The molecule has 0 bridgehead atoms. The number of methoxy groups -OCH3 is 1.